The Morgan fingerprint density at radius 3 is 2.78 bits per heavy atom. The molecule has 1 N–H and O–H groups in total. The molecule has 0 saturated heterocycles. The number of thioether (sulfide) groups is 1. The van der Waals surface area contributed by atoms with E-state index in [9.17, 15) is 4.79 Å². The lowest BCUT2D eigenvalue weighted by Gasteiger charge is -1.96. The summed E-state index contributed by atoms with van der Waals surface area (Å²) in [5, 5.41) is 5.28. The number of carbonyl (C=O) groups is 1. The second-order valence-corrected chi connectivity index (χ2v) is 6.67. The Kier molecular flexibility index (Phi) is 5.09. The van der Waals surface area contributed by atoms with Crippen molar-refractivity contribution in [2.45, 2.75) is 18.4 Å². The predicted molar refractivity (Wildman–Crippen MR) is 93.4 cm³/mol. The molecule has 0 unspecified atom stereocenters. The number of oxazole rings is 1. The first kappa shape index (κ1) is 15.8. The minimum atomic E-state index is -0.102. The van der Waals surface area contributed by atoms with Gasteiger partial charge < -0.3 is 9.73 Å². The first-order valence-electron chi connectivity index (χ1n) is 7.00. The summed E-state index contributed by atoms with van der Waals surface area (Å²) >= 11 is 3.14. The molecular formula is C16H15N3O2S2. The third kappa shape index (κ3) is 4.43. The average molecular weight is 345 g/mol. The van der Waals surface area contributed by atoms with Gasteiger partial charge >= 0.3 is 0 Å². The van der Waals surface area contributed by atoms with Crippen LogP contribution in [0.1, 0.15) is 18.3 Å². The van der Waals surface area contributed by atoms with Crippen molar-refractivity contribution in [2.24, 2.45) is 0 Å². The van der Waals surface area contributed by atoms with Gasteiger partial charge in [0, 0.05) is 29.4 Å². The van der Waals surface area contributed by atoms with Crippen molar-refractivity contribution in [3.05, 3.63) is 53.4 Å². The van der Waals surface area contributed by atoms with Crippen LogP contribution in [-0.2, 0) is 16.3 Å². The van der Waals surface area contributed by atoms with Crippen LogP contribution in [0, 0.1) is 0 Å². The number of benzene rings is 1. The van der Waals surface area contributed by atoms with Crippen LogP contribution in [0.2, 0.25) is 0 Å². The summed E-state index contributed by atoms with van der Waals surface area (Å²) in [6.07, 6.45) is 1.69. The van der Waals surface area contributed by atoms with Crippen molar-refractivity contribution < 1.29 is 9.21 Å². The van der Waals surface area contributed by atoms with Gasteiger partial charge in [0.1, 0.15) is 6.26 Å². The van der Waals surface area contributed by atoms with Gasteiger partial charge in [-0.1, -0.05) is 18.2 Å². The van der Waals surface area contributed by atoms with E-state index < -0.39 is 0 Å². The fourth-order valence-electron chi connectivity index (χ4n) is 1.93. The molecule has 3 aromatic rings. The van der Waals surface area contributed by atoms with Crippen LogP contribution in [0.15, 0.2) is 46.4 Å². The van der Waals surface area contributed by atoms with Crippen molar-refractivity contribution in [1.29, 1.82) is 0 Å². The van der Waals surface area contributed by atoms with E-state index in [1.54, 1.807) is 18.0 Å². The maximum atomic E-state index is 11.0. The second-order valence-electron chi connectivity index (χ2n) is 4.83. The molecule has 0 aliphatic heterocycles. The lowest BCUT2D eigenvalue weighted by atomic mass is 10.2. The smallest absolute Gasteiger partial charge is 0.226 e. The van der Waals surface area contributed by atoms with E-state index in [0.29, 0.717) is 11.0 Å². The van der Waals surface area contributed by atoms with Crippen LogP contribution in [-0.4, -0.2) is 15.9 Å². The van der Waals surface area contributed by atoms with Gasteiger partial charge in [-0.2, -0.15) is 0 Å². The highest BCUT2D eigenvalue weighted by Gasteiger charge is 2.07. The summed E-state index contributed by atoms with van der Waals surface area (Å²) in [5.74, 6) is 2.06. The number of anilines is 1. The van der Waals surface area contributed by atoms with Crippen molar-refractivity contribution >= 4 is 34.1 Å². The molecule has 1 amide bonds. The van der Waals surface area contributed by atoms with E-state index in [-0.39, 0.29) is 5.91 Å². The lowest BCUT2D eigenvalue weighted by molar-refractivity contribution is -0.114. The van der Waals surface area contributed by atoms with Crippen molar-refractivity contribution in [3.8, 4) is 11.5 Å². The average Bonchev–Trinajstić information content (AvgIpc) is 3.18. The fraction of sp³-hybridized carbons (Fsp3) is 0.188. The first-order valence-corrected chi connectivity index (χ1v) is 9.04. The fourth-order valence-corrected chi connectivity index (χ4v) is 3.59. The van der Waals surface area contributed by atoms with Gasteiger partial charge in [-0.15, -0.1) is 23.1 Å². The minimum absolute atomic E-state index is 0.102. The quantitative estimate of drug-likeness (QED) is 0.725. The number of hydrogen-bond acceptors (Lipinski definition) is 6. The van der Waals surface area contributed by atoms with Gasteiger partial charge in [-0.05, 0) is 12.1 Å². The molecule has 118 valence electrons. The van der Waals surface area contributed by atoms with Crippen LogP contribution in [0.3, 0.4) is 0 Å². The largest absolute Gasteiger partial charge is 0.444 e. The highest BCUT2D eigenvalue weighted by atomic mass is 32.2. The number of thiazole rings is 1. The first-order chi connectivity index (χ1) is 11.2. The Balaban J connectivity index is 1.52. The topological polar surface area (TPSA) is 68.0 Å². The van der Waals surface area contributed by atoms with E-state index in [4.69, 9.17) is 4.42 Å². The molecule has 0 atom stereocenters. The summed E-state index contributed by atoms with van der Waals surface area (Å²) in [6.45, 7) is 1.48. The van der Waals surface area contributed by atoms with Gasteiger partial charge in [0.25, 0.3) is 0 Å². The van der Waals surface area contributed by atoms with Crippen LogP contribution < -0.4 is 5.32 Å². The number of aromatic nitrogens is 2. The van der Waals surface area contributed by atoms with Crippen LogP contribution >= 0.6 is 23.1 Å². The molecule has 0 fully saturated rings. The second kappa shape index (κ2) is 7.43. The lowest BCUT2D eigenvalue weighted by Crippen LogP contribution is -2.05. The summed E-state index contributed by atoms with van der Waals surface area (Å²) in [4.78, 5) is 19.8. The highest BCUT2D eigenvalue weighted by molar-refractivity contribution is 7.97. The molecule has 7 heteroatoms. The molecule has 2 heterocycles. The van der Waals surface area contributed by atoms with Gasteiger partial charge in [0.05, 0.1) is 11.4 Å². The summed E-state index contributed by atoms with van der Waals surface area (Å²) < 4.78 is 5.52. The molecule has 0 aliphatic rings. The summed E-state index contributed by atoms with van der Waals surface area (Å²) in [5.41, 5.74) is 2.84. The Morgan fingerprint density at radius 2 is 2.00 bits per heavy atom. The molecule has 1 aromatic carbocycles. The molecule has 2 aromatic heterocycles. The summed E-state index contributed by atoms with van der Waals surface area (Å²) in [7, 11) is 0. The normalized spacial score (nSPS) is 10.7. The van der Waals surface area contributed by atoms with Gasteiger partial charge in [-0.3, -0.25) is 4.79 Å². The number of carbonyl (C=O) groups excluding carboxylic acids is 1. The van der Waals surface area contributed by atoms with Crippen molar-refractivity contribution in [1.82, 2.24) is 9.97 Å². The van der Waals surface area contributed by atoms with Crippen molar-refractivity contribution in [3.63, 3.8) is 0 Å². The number of rotatable bonds is 6. The molecule has 5 nitrogen and oxygen atoms in total. The molecule has 0 aliphatic carbocycles. The molecule has 23 heavy (non-hydrogen) atoms. The van der Waals surface area contributed by atoms with Gasteiger partial charge in [-0.25, -0.2) is 9.97 Å². The molecule has 3 rings (SSSR count). The van der Waals surface area contributed by atoms with Crippen LogP contribution in [0.4, 0.5) is 5.13 Å². The molecule has 0 spiro atoms. The van der Waals surface area contributed by atoms with E-state index in [2.05, 4.69) is 15.3 Å². The van der Waals surface area contributed by atoms with E-state index >= 15 is 0 Å². The van der Waals surface area contributed by atoms with Gasteiger partial charge in [0.15, 0.2) is 5.13 Å². The zero-order chi connectivity index (χ0) is 16.1. The standard InChI is InChI=1S/C16H15N3O2S2/c1-11(20)17-16-19-14(10-23-16)9-22-8-13-7-21-15(18-13)12-5-3-2-4-6-12/h2-7,10H,8-9H2,1H3,(H,17,19,20). The molecule has 0 bridgehead atoms. The predicted octanol–water partition coefficient (Wildman–Crippen LogP) is 4.19. The van der Waals surface area contributed by atoms with Crippen LogP contribution in [0.25, 0.3) is 11.5 Å². The van der Waals surface area contributed by atoms with E-state index in [0.717, 1.165) is 28.5 Å². The zero-order valence-electron chi connectivity index (χ0n) is 12.5. The maximum absolute atomic E-state index is 11.0. The number of nitrogens with zero attached hydrogens (tertiary/aromatic N) is 2. The minimum Gasteiger partial charge on any atom is -0.444 e. The number of amides is 1. The van der Waals surface area contributed by atoms with E-state index in [1.807, 2.05) is 35.7 Å². The monoisotopic (exact) mass is 345 g/mol. The van der Waals surface area contributed by atoms with Crippen LogP contribution in [0.5, 0.6) is 0 Å². The van der Waals surface area contributed by atoms with Crippen molar-refractivity contribution in [2.75, 3.05) is 5.32 Å². The molecular weight excluding hydrogens is 330 g/mol. The zero-order valence-corrected chi connectivity index (χ0v) is 14.1. The Bertz CT molecular complexity index is 783. The maximum Gasteiger partial charge on any atom is 0.226 e. The van der Waals surface area contributed by atoms with E-state index in [1.165, 1.54) is 18.3 Å². The third-order valence-corrected chi connectivity index (χ3v) is 4.71. The Labute approximate surface area is 142 Å². The Morgan fingerprint density at radius 1 is 1.22 bits per heavy atom. The third-order valence-electron chi connectivity index (χ3n) is 2.91. The SMILES string of the molecule is CC(=O)Nc1nc(CSCc2coc(-c3ccccc3)n2)cs1. The highest BCUT2D eigenvalue weighted by Crippen LogP contribution is 2.23. The number of hydrogen-bond donors (Lipinski definition) is 1. The molecule has 0 saturated carbocycles. The number of nitrogens with one attached hydrogen (secondary N) is 1. The van der Waals surface area contributed by atoms with Gasteiger partial charge in [0.2, 0.25) is 11.8 Å². The molecule has 0 radical (unpaired) electrons. The summed E-state index contributed by atoms with van der Waals surface area (Å²) in [6, 6.07) is 9.83. The Hall–Kier alpha value is -2.12.